The molecule has 0 aromatic heterocycles. The molecule has 0 fully saturated rings. The average Bonchev–Trinajstić information content (AvgIpc) is 2.31. The lowest BCUT2D eigenvalue weighted by Crippen LogP contribution is -2.32. The molecular formula is C12H18N2O2S. The summed E-state index contributed by atoms with van der Waals surface area (Å²) < 4.78 is 0. The molecule has 0 aliphatic rings. The maximum atomic E-state index is 10.5. The Hall–Kier alpha value is -1.20. The molecular weight excluding hydrogens is 236 g/mol. The molecule has 1 atom stereocenters. The molecule has 4 N–H and O–H groups in total. The molecule has 1 aromatic carbocycles. The second kappa shape index (κ2) is 7.19. The van der Waals surface area contributed by atoms with E-state index in [2.05, 4.69) is 12.2 Å². The predicted molar refractivity (Wildman–Crippen MR) is 71.6 cm³/mol. The lowest BCUT2D eigenvalue weighted by Gasteiger charge is -2.09. The molecule has 0 aliphatic heterocycles. The van der Waals surface area contributed by atoms with Crippen molar-refractivity contribution in [3.63, 3.8) is 0 Å². The van der Waals surface area contributed by atoms with Crippen LogP contribution in [0, 0.1) is 0 Å². The predicted octanol–water partition coefficient (Wildman–Crippen LogP) is 2.01. The smallest absolute Gasteiger partial charge is 0.320 e. The van der Waals surface area contributed by atoms with Gasteiger partial charge in [0, 0.05) is 17.1 Å². The minimum absolute atomic E-state index is 0.417. The number of rotatable bonds is 7. The minimum atomic E-state index is -0.957. The Morgan fingerprint density at radius 2 is 2.12 bits per heavy atom. The summed E-state index contributed by atoms with van der Waals surface area (Å²) in [6.45, 7) is 2.68. The largest absolute Gasteiger partial charge is 0.480 e. The molecule has 17 heavy (non-hydrogen) atoms. The molecule has 0 spiro atoms. The number of hydrogen-bond donors (Lipinski definition) is 3. The first-order valence-corrected chi connectivity index (χ1v) is 6.57. The Morgan fingerprint density at radius 1 is 1.47 bits per heavy atom. The molecule has 0 bridgehead atoms. The van der Waals surface area contributed by atoms with Gasteiger partial charge >= 0.3 is 5.97 Å². The molecule has 0 saturated carbocycles. The Morgan fingerprint density at radius 3 is 2.65 bits per heavy atom. The first kappa shape index (κ1) is 13.9. The number of nitrogens with one attached hydrogen (secondary N) is 1. The van der Waals surface area contributed by atoms with Gasteiger partial charge in [0.05, 0.1) is 0 Å². The number of hydrogen-bond acceptors (Lipinski definition) is 4. The molecule has 1 unspecified atom stereocenters. The quantitative estimate of drug-likeness (QED) is 0.649. The fraction of sp³-hybridized carbons (Fsp3) is 0.417. The van der Waals surface area contributed by atoms with Crippen molar-refractivity contribution in [1.82, 2.24) is 0 Å². The van der Waals surface area contributed by atoms with E-state index in [1.165, 1.54) is 4.90 Å². The van der Waals surface area contributed by atoms with Gasteiger partial charge in [0.2, 0.25) is 0 Å². The molecule has 1 rings (SSSR count). The first-order valence-electron chi connectivity index (χ1n) is 5.58. The lowest BCUT2D eigenvalue weighted by molar-refractivity contribution is -0.138. The van der Waals surface area contributed by atoms with Crippen molar-refractivity contribution in [2.45, 2.75) is 24.3 Å². The van der Waals surface area contributed by atoms with Crippen LogP contribution in [-0.4, -0.2) is 29.4 Å². The van der Waals surface area contributed by atoms with Crippen molar-refractivity contribution in [3.05, 3.63) is 24.3 Å². The zero-order valence-corrected chi connectivity index (χ0v) is 10.7. The summed E-state index contributed by atoms with van der Waals surface area (Å²) >= 11 is 1.79. The second-order valence-electron chi connectivity index (χ2n) is 3.62. The van der Waals surface area contributed by atoms with Crippen molar-refractivity contribution in [3.8, 4) is 0 Å². The topological polar surface area (TPSA) is 75.3 Å². The highest BCUT2D eigenvalue weighted by Gasteiger charge is 2.09. The number of carboxylic acid groups (broad SMARTS) is 1. The van der Waals surface area contributed by atoms with E-state index in [4.69, 9.17) is 10.8 Å². The maximum absolute atomic E-state index is 10.5. The van der Waals surface area contributed by atoms with E-state index in [1.54, 1.807) is 11.8 Å². The van der Waals surface area contributed by atoms with Gasteiger partial charge in [-0.1, -0.05) is 6.92 Å². The average molecular weight is 254 g/mol. The van der Waals surface area contributed by atoms with Gasteiger partial charge in [-0.05, 0) is 36.4 Å². The third-order valence-electron chi connectivity index (χ3n) is 2.27. The standard InChI is InChI=1S/C12H18N2O2S/c1-2-17-10-5-3-9(4-6-10)14-8-7-11(13)12(15)16/h3-6,11,14H,2,7-8,13H2,1H3,(H,15,16). The van der Waals surface area contributed by atoms with Crippen molar-refractivity contribution in [1.29, 1.82) is 0 Å². The Labute approximate surface area is 106 Å². The zero-order valence-electron chi connectivity index (χ0n) is 9.85. The molecule has 4 nitrogen and oxygen atoms in total. The normalized spacial score (nSPS) is 12.1. The first-order chi connectivity index (χ1) is 8.13. The summed E-state index contributed by atoms with van der Waals surface area (Å²) in [7, 11) is 0. The fourth-order valence-corrected chi connectivity index (χ4v) is 1.99. The van der Waals surface area contributed by atoms with Crippen LogP contribution in [-0.2, 0) is 4.79 Å². The highest BCUT2D eigenvalue weighted by molar-refractivity contribution is 7.99. The highest BCUT2D eigenvalue weighted by atomic mass is 32.2. The maximum Gasteiger partial charge on any atom is 0.320 e. The monoisotopic (exact) mass is 254 g/mol. The van der Waals surface area contributed by atoms with E-state index in [0.29, 0.717) is 13.0 Å². The summed E-state index contributed by atoms with van der Waals surface area (Å²) in [5, 5.41) is 11.8. The van der Waals surface area contributed by atoms with E-state index in [0.717, 1.165) is 11.4 Å². The molecule has 0 aliphatic carbocycles. The second-order valence-corrected chi connectivity index (χ2v) is 4.96. The summed E-state index contributed by atoms with van der Waals surface area (Å²) in [4.78, 5) is 11.7. The number of aliphatic carboxylic acids is 1. The van der Waals surface area contributed by atoms with Gasteiger partial charge in [-0.3, -0.25) is 4.79 Å². The molecule has 1 aromatic rings. The summed E-state index contributed by atoms with van der Waals surface area (Å²) in [5.74, 6) is 0.0988. The number of anilines is 1. The zero-order chi connectivity index (χ0) is 12.7. The van der Waals surface area contributed by atoms with Crippen LogP contribution >= 0.6 is 11.8 Å². The number of carbonyl (C=O) groups is 1. The Balaban J connectivity index is 2.34. The molecule has 5 heteroatoms. The van der Waals surface area contributed by atoms with Gasteiger partial charge in [-0.2, -0.15) is 0 Å². The summed E-state index contributed by atoms with van der Waals surface area (Å²) in [5.41, 5.74) is 6.39. The van der Waals surface area contributed by atoms with Crippen molar-refractivity contribution < 1.29 is 9.90 Å². The van der Waals surface area contributed by atoms with Gasteiger partial charge in [-0.15, -0.1) is 11.8 Å². The van der Waals surface area contributed by atoms with Gasteiger partial charge in [0.1, 0.15) is 6.04 Å². The van der Waals surface area contributed by atoms with E-state index < -0.39 is 12.0 Å². The molecule has 0 heterocycles. The van der Waals surface area contributed by atoms with Crippen LogP contribution in [0.4, 0.5) is 5.69 Å². The van der Waals surface area contributed by atoms with Gasteiger partial charge in [0.25, 0.3) is 0 Å². The van der Waals surface area contributed by atoms with E-state index >= 15 is 0 Å². The van der Waals surface area contributed by atoms with Crippen LogP contribution in [0.15, 0.2) is 29.2 Å². The Kier molecular flexibility index (Phi) is 5.86. The summed E-state index contributed by atoms with van der Waals surface area (Å²) in [6.07, 6.45) is 0.417. The van der Waals surface area contributed by atoms with Crippen LogP contribution in [0.25, 0.3) is 0 Å². The number of nitrogens with two attached hydrogens (primary N) is 1. The van der Waals surface area contributed by atoms with Crippen LogP contribution < -0.4 is 11.1 Å². The summed E-state index contributed by atoms with van der Waals surface area (Å²) in [6, 6.07) is 7.29. The van der Waals surface area contributed by atoms with Gasteiger partial charge in [-0.25, -0.2) is 0 Å². The Bertz CT molecular complexity index is 354. The van der Waals surface area contributed by atoms with E-state index in [-0.39, 0.29) is 0 Å². The van der Waals surface area contributed by atoms with Crippen LogP contribution in [0.1, 0.15) is 13.3 Å². The number of carboxylic acids is 1. The number of benzene rings is 1. The van der Waals surface area contributed by atoms with Crippen LogP contribution in [0.2, 0.25) is 0 Å². The number of thioether (sulfide) groups is 1. The third kappa shape index (κ3) is 5.10. The van der Waals surface area contributed by atoms with E-state index in [9.17, 15) is 4.79 Å². The van der Waals surface area contributed by atoms with Crippen molar-refractivity contribution >= 4 is 23.4 Å². The molecule has 94 valence electrons. The molecule has 0 saturated heterocycles. The van der Waals surface area contributed by atoms with Crippen LogP contribution in [0.5, 0.6) is 0 Å². The highest BCUT2D eigenvalue weighted by Crippen LogP contribution is 2.19. The van der Waals surface area contributed by atoms with Crippen molar-refractivity contribution in [2.75, 3.05) is 17.6 Å². The third-order valence-corrected chi connectivity index (χ3v) is 3.16. The van der Waals surface area contributed by atoms with Crippen LogP contribution in [0.3, 0.4) is 0 Å². The molecule has 0 amide bonds. The van der Waals surface area contributed by atoms with Gasteiger partial charge in [0.15, 0.2) is 0 Å². The lowest BCUT2D eigenvalue weighted by atomic mass is 10.2. The fourth-order valence-electron chi connectivity index (χ4n) is 1.33. The van der Waals surface area contributed by atoms with Gasteiger partial charge < -0.3 is 16.2 Å². The molecule has 0 radical (unpaired) electrons. The minimum Gasteiger partial charge on any atom is -0.480 e. The van der Waals surface area contributed by atoms with Crippen molar-refractivity contribution in [2.24, 2.45) is 5.73 Å². The SMILES string of the molecule is CCSc1ccc(NCCC(N)C(=O)O)cc1. The van der Waals surface area contributed by atoms with E-state index in [1.807, 2.05) is 24.3 Å².